The number of halogens is 1. The van der Waals surface area contributed by atoms with Gasteiger partial charge in [0.25, 0.3) is 0 Å². The molecule has 0 aliphatic heterocycles. The predicted octanol–water partition coefficient (Wildman–Crippen LogP) is 32.8. The third-order valence-electron chi connectivity index (χ3n) is 21.3. The van der Waals surface area contributed by atoms with E-state index in [9.17, 15) is 0 Å². The van der Waals surface area contributed by atoms with E-state index < -0.39 is 0 Å². The second-order valence-corrected chi connectivity index (χ2v) is 41.0. The monoisotopic (exact) mass is 1530 g/mol. The number of benzene rings is 10. The van der Waals surface area contributed by atoms with Crippen LogP contribution in [0.25, 0.3) is 42.1 Å². The van der Waals surface area contributed by atoms with Crippen molar-refractivity contribution >= 4 is 139 Å². The van der Waals surface area contributed by atoms with Crippen LogP contribution in [0.15, 0.2) is 238 Å². The lowest BCUT2D eigenvalue weighted by molar-refractivity contribution is 0.589. The standard InChI is InChI=1S/C51H58N2OS.C29H32ClNS.C22H27NO/c1-33-26-40(52(38-20-14-34(15-21-38)48(2,3)4)44-31-54-46-24-18-36(28-42(44)46)50(8,9)10)30-41(27-33)53(39-22-16-35(17-23-39)49(5,6)7)45-32-55-47-25-19-37(29-43(45)47)51(11,12)13;1-19-14-22(30)17-24(15-19)31(23-11-8-20(9-12-23)28(2,3)4)26-18-32-27-13-10-21(16-25(26)27)29(5,6)7;1-21(2,3)15-7-10-17(11-8-15)23-19-14-24-20-12-9-16(13-18(19)20)22(4,5)6/h14-32H,1-13H3;8-18H,1-7H3;7-14,23H,1-6H3. The third kappa shape index (κ3) is 18.4. The highest BCUT2D eigenvalue weighted by molar-refractivity contribution is 7.18. The number of anilines is 11. The Kier molecular flexibility index (Phi) is 22.4. The minimum Gasteiger partial charge on any atom is -0.462 e. The molecule has 576 valence electrons. The van der Waals surface area contributed by atoms with Gasteiger partial charge >= 0.3 is 0 Å². The predicted molar refractivity (Wildman–Crippen MR) is 487 cm³/mol. The quantitative estimate of drug-likeness (QED) is 0.139. The van der Waals surface area contributed by atoms with E-state index in [4.69, 9.17) is 20.4 Å². The van der Waals surface area contributed by atoms with E-state index in [1.807, 2.05) is 23.7 Å². The highest BCUT2D eigenvalue weighted by Gasteiger charge is 2.29. The summed E-state index contributed by atoms with van der Waals surface area (Å²) >= 11 is 10.1. The Balaban J connectivity index is 0.000000172. The van der Waals surface area contributed by atoms with Crippen LogP contribution in [0.3, 0.4) is 0 Å². The molecule has 0 unspecified atom stereocenters. The van der Waals surface area contributed by atoms with Crippen molar-refractivity contribution < 1.29 is 8.83 Å². The molecule has 14 rings (SSSR count). The first-order chi connectivity index (χ1) is 51.8. The molecule has 9 heteroatoms. The fourth-order valence-electron chi connectivity index (χ4n) is 14.2. The van der Waals surface area contributed by atoms with Gasteiger partial charge in [-0.25, -0.2) is 0 Å². The number of aryl methyl sites for hydroxylation is 2. The summed E-state index contributed by atoms with van der Waals surface area (Å²) in [4.78, 5) is 7.18. The Hall–Kier alpha value is -9.31. The summed E-state index contributed by atoms with van der Waals surface area (Å²) in [5, 5.41) is 13.6. The minimum absolute atomic E-state index is 0.00236. The molecule has 0 aliphatic rings. The van der Waals surface area contributed by atoms with Gasteiger partial charge in [-0.15, -0.1) is 22.7 Å². The van der Waals surface area contributed by atoms with E-state index in [0.29, 0.717) is 0 Å². The maximum atomic E-state index is 6.51. The van der Waals surface area contributed by atoms with Gasteiger partial charge in [-0.3, -0.25) is 0 Å². The maximum Gasteiger partial charge on any atom is 0.136 e. The van der Waals surface area contributed by atoms with Gasteiger partial charge in [0.15, 0.2) is 0 Å². The summed E-state index contributed by atoms with van der Waals surface area (Å²) < 4.78 is 14.6. The Morgan fingerprint density at radius 3 is 0.946 bits per heavy atom. The molecule has 0 atom stereocenters. The molecule has 111 heavy (non-hydrogen) atoms. The SMILES string of the molecule is CC(C)(C)c1ccc(Nc2coc3ccc(C(C)(C)C)cc23)cc1.Cc1cc(Cl)cc(N(c2ccc(C(C)(C)C)cc2)c2csc3ccc(C(C)(C)C)cc23)c1.Cc1cc(N(c2ccc(C(C)(C)C)cc2)c2coc3ccc(C(C)(C)C)cc23)cc(N(c2ccc(C(C)(C)C)cc2)c2csc3ccc(C(C)(C)C)cc23)c1. The molecule has 0 aliphatic carbocycles. The van der Waals surface area contributed by atoms with Crippen LogP contribution < -0.4 is 20.0 Å². The van der Waals surface area contributed by atoms with Crippen LogP contribution in [-0.4, -0.2) is 0 Å². The van der Waals surface area contributed by atoms with Crippen molar-refractivity contribution in [1.82, 2.24) is 0 Å². The average molecular weight is 1530 g/mol. The lowest BCUT2D eigenvalue weighted by Crippen LogP contribution is -2.15. The molecule has 6 nitrogen and oxygen atoms in total. The third-order valence-corrected chi connectivity index (χ3v) is 23.4. The molecule has 4 aromatic heterocycles. The highest BCUT2D eigenvalue weighted by atomic mass is 35.5. The second kappa shape index (κ2) is 30.6. The Bertz CT molecular complexity index is 5420. The fraction of sp³-hybridized carbons (Fsp3) is 0.333. The Labute approximate surface area is 676 Å². The summed E-state index contributed by atoms with van der Waals surface area (Å²) in [6.45, 7) is 58.6. The first-order valence-corrected chi connectivity index (χ1v) is 41.5. The van der Waals surface area contributed by atoms with Crippen molar-refractivity contribution in [2.45, 2.75) is 223 Å². The number of hydrogen-bond donors (Lipinski definition) is 1. The molecule has 10 aromatic carbocycles. The van der Waals surface area contributed by atoms with E-state index in [1.54, 1.807) is 17.6 Å². The van der Waals surface area contributed by atoms with Gasteiger partial charge in [-0.05, 0) is 246 Å². The summed E-state index contributed by atoms with van der Waals surface area (Å²) in [6.07, 6.45) is 3.73. The molecule has 14 aromatic rings. The molecule has 0 amide bonds. The van der Waals surface area contributed by atoms with Crippen LogP contribution in [0, 0.1) is 13.8 Å². The van der Waals surface area contributed by atoms with Gasteiger partial charge in [0, 0.05) is 86.5 Å². The maximum absolute atomic E-state index is 6.51. The van der Waals surface area contributed by atoms with E-state index in [1.165, 1.54) is 81.6 Å². The number of thiophene rings is 2. The number of rotatable bonds is 11. The number of nitrogens with zero attached hydrogens (tertiary/aromatic N) is 3. The van der Waals surface area contributed by atoms with Gasteiger partial charge in [0.05, 0.1) is 22.7 Å². The van der Waals surface area contributed by atoms with Crippen molar-refractivity contribution in [1.29, 1.82) is 0 Å². The number of hydrogen-bond acceptors (Lipinski definition) is 8. The number of furan rings is 2. The van der Waals surface area contributed by atoms with Crippen LogP contribution in [0.2, 0.25) is 5.02 Å². The molecule has 0 spiro atoms. The summed E-state index contributed by atoms with van der Waals surface area (Å²) in [6, 6.07) is 76.0. The number of nitrogens with one attached hydrogen (secondary N) is 1. The van der Waals surface area contributed by atoms with Crippen molar-refractivity contribution in [2.24, 2.45) is 0 Å². The molecular formula is C102H117ClN4O2S2. The zero-order valence-corrected chi connectivity index (χ0v) is 73.2. The van der Waals surface area contributed by atoms with E-state index in [0.717, 1.165) is 83.7 Å². The highest BCUT2D eigenvalue weighted by Crippen LogP contribution is 2.50. The molecule has 0 saturated heterocycles. The van der Waals surface area contributed by atoms with Gasteiger partial charge in [0.2, 0.25) is 0 Å². The molecular weight excluding hydrogens is 1410 g/mol. The Morgan fingerprint density at radius 2 is 0.577 bits per heavy atom. The van der Waals surface area contributed by atoms with Crippen molar-refractivity contribution in [2.75, 3.05) is 20.0 Å². The van der Waals surface area contributed by atoms with Crippen molar-refractivity contribution in [3.8, 4) is 0 Å². The fourth-order valence-corrected chi connectivity index (χ4v) is 16.3. The van der Waals surface area contributed by atoms with Crippen LogP contribution >= 0.6 is 34.3 Å². The van der Waals surface area contributed by atoms with Gasteiger partial charge in [0.1, 0.15) is 23.7 Å². The van der Waals surface area contributed by atoms with Gasteiger partial charge in [-0.2, -0.15) is 0 Å². The summed E-state index contributed by atoms with van der Waals surface area (Å²) in [5.74, 6) is 0. The lowest BCUT2D eigenvalue weighted by atomic mass is 9.86. The molecule has 0 radical (unpaired) electrons. The van der Waals surface area contributed by atoms with Gasteiger partial charge < -0.3 is 28.9 Å². The van der Waals surface area contributed by atoms with Crippen molar-refractivity contribution in [3.63, 3.8) is 0 Å². The zero-order chi connectivity index (χ0) is 80.5. The first-order valence-electron chi connectivity index (χ1n) is 39.3. The first kappa shape index (κ1) is 81.2. The topological polar surface area (TPSA) is 48.0 Å². The molecule has 0 fully saturated rings. The van der Waals surface area contributed by atoms with Crippen molar-refractivity contribution in [3.05, 3.63) is 290 Å². The average Bonchev–Trinajstić information content (AvgIpc) is 1.68. The van der Waals surface area contributed by atoms with Crippen LogP contribution in [-0.2, 0) is 43.3 Å². The zero-order valence-electron chi connectivity index (χ0n) is 70.8. The largest absolute Gasteiger partial charge is 0.462 e. The van der Waals surface area contributed by atoms with Crippen LogP contribution in [0.4, 0.5) is 62.6 Å². The minimum atomic E-state index is -0.00236. The molecule has 0 saturated carbocycles. The van der Waals surface area contributed by atoms with Gasteiger partial charge in [-0.1, -0.05) is 251 Å². The Morgan fingerprint density at radius 1 is 0.279 bits per heavy atom. The smallest absolute Gasteiger partial charge is 0.136 e. The van der Waals surface area contributed by atoms with Crippen LogP contribution in [0.5, 0.6) is 0 Å². The van der Waals surface area contributed by atoms with E-state index >= 15 is 0 Å². The van der Waals surface area contributed by atoms with E-state index in [-0.39, 0.29) is 43.3 Å². The van der Waals surface area contributed by atoms with Crippen LogP contribution in [0.1, 0.15) is 222 Å². The lowest BCUT2D eigenvalue weighted by Gasteiger charge is -2.30. The molecule has 0 bridgehead atoms. The number of fused-ring (bicyclic) bond motifs is 4. The normalized spacial score (nSPS) is 12.6. The summed E-state index contributed by atoms with van der Waals surface area (Å²) in [7, 11) is 0. The second-order valence-electron chi connectivity index (χ2n) is 38.7. The summed E-state index contributed by atoms with van der Waals surface area (Å²) in [5.41, 5.74) is 27.4. The van der Waals surface area contributed by atoms with E-state index in [2.05, 4.69) is 411 Å². The molecule has 4 heterocycles. The molecule has 1 N–H and O–H groups in total.